The van der Waals surface area contributed by atoms with Gasteiger partial charge in [0.2, 0.25) is 0 Å². The molecule has 5 heteroatoms. The smallest absolute Gasteiger partial charge is 0.256 e. The molecule has 5 nitrogen and oxygen atoms in total. The number of aliphatic hydroxyl groups is 1. The van der Waals surface area contributed by atoms with E-state index in [0.717, 1.165) is 31.5 Å². The van der Waals surface area contributed by atoms with Crippen LogP contribution in [0.3, 0.4) is 0 Å². The van der Waals surface area contributed by atoms with Gasteiger partial charge in [-0.2, -0.15) is 0 Å². The average Bonchev–Trinajstić information content (AvgIpc) is 2.65. The van der Waals surface area contributed by atoms with Crippen molar-refractivity contribution in [3.05, 3.63) is 24.0 Å². The molecule has 1 aliphatic rings. The number of pyridine rings is 1. The predicted octanol–water partition coefficient (Wildman–Crippen LogP) is 2.28. The van der Waals surface area contributed by atoms with Crippen molar-refractivity contribution in [1.29, 1.82) is 0 Å². The van der Waals surface area contributed by atoms with Crippen LogP contribution in [0.1, 0.15) is 49.9 Å². The highest BCUT2D eigenvalue weighted by Crippen LogP contribution is 2.24. The first-order chi connectivity index (χ1) is 10.0. The number of likely N-dealkylation sites (tertiary alicyclic amines) is 1. The summed E-state index contributed by atoms with van der Waals surface area (Å²) >= 11 is 0. The van der Waals surface area contributed by atoms with Crippen LogP contribution in [0.4, 0.5) is 5.69 Å². The number of hydrogen-bond donors (Lipinski definition) is 2. The number of nitrogens with zero attached hydrogens (tertiary/aromatic N) is 2. The number of aromatic nitrogens is 1. The van der Waals surface area contributed by atoms with E-state index >= 15 is 0 Å². The molecule has 2 N–H and O–H groups in total. The van der Waals surface area contributed by atoms with Crippen LogP contribution < -0.4 is 5.32 Å². The Bertz CT molecular complexity index is 488. The SMILES string of the molecule is CCCNc1cnccc1C(=O)N1CCCC(C)(O)CC1. The van der Waals surface area contributed by atoms with Crippen molar-refractivity contribution in [3.63, 3.8) is 0 Å². The van der Waals surface area contributed by atoms with E-state index in [1.807, 2.05) is 11.8 Å². The third-order valence-electron chi connectivity index (χ3n) is 3.97. The minimum atomic E-state index is -0.656. The van der Waals surface area contributed by atoms with Gasteiger partial charge in [-0.1, -0.05) is 6.92 Å². The maximum Gasteiger partial charge on any atom is 0.256 e. The van der Waals surface area contributed by atoms with Crippen LogP contribution in [0, 0.1) is 0 Å². The van der Waals surface area contributed by atoms with Crippen molar-refractivity contribution < 1.29 is 9.90 Å². The van der Waals surface area contributed by atoms with E-state index in [0.29, 0.717) is 25.1 Å². The molecule has 1 saturated heterocycles. The number of rotatable bonds is 4. The third kappa shape index (κ3) is 4.17. The van der Waals surface area contributed by atoms with E-state index in [9.17, 15) is 9.90 Å². The van der Waals surface area contributed by atoms with Crippen LogP contribution in [-0.2, 0) is 0 Å². The summed E-state index contributed by atoms with van der Waals surface area (Å²) in [4.78, 5) is 18.7. The standard InChI is InChI=1S/C16H25N3O2/c1-3-8-18-14-12-17-9-5-13(14)15(20)19-10-4-6-16(2,21)7-11-19/h5,9,12,18,21H,3-4,6-8,10-11H2,1-2H3. The monoisotopic (exact) mass is 291 g/mol. The highest BCUT2D eigenvalue weighted by atomic mass is 16.3. The molecule has 0 saturated carbocycles. The molecule has 0 aliphatic carbocycles. The summed E-state index contributed by atoms with van der Waals surface area (Å²) in [5.41, 5.74) is 0.802. The molecule has 0 bridgehead atoms. The molecule has 0 aromatic carbocycles. The van der Waals surface area contributed by atoms with Crippen molar-refractivity contribution in [2.24, 2.45) is 0 Å². The fraction of sp³-hybridized carbons (Fsp3) is 0.625. The Labute approximate surface area is 126 Å². The molecule has 1 fully saturated rings. The molecule has 1 aliphatic heterocycles. The van der Waals surface area contributed by atoms with E-state index < -0.39 is 5.60 Å². The second-order valence-corrected chi connectivity index (χ2v) is 5.99. The van der Waals surface area contributed by atoms with Crippen LogP contribution in [0.2, 0.25) is 0 Å². The van der Waals surface area contributed by atoms with Gasteiger partial charge in [-0.05, 0) is 38.7 Å². The summed E-state index contributed by atoms with van der Waals surface area (Å²) in [5.74, 6) is 0.0219. The fourth-order valence-corrected chi connectivity index (χ4v) is 2.62. The Morgan fingerprint density at radius 3 is 3.05 bits per heavy atom. The molecule has 0 spiro atoms. The Morgan fingerprint density at radius 1 is 1.48 bits per heavy atom. The zero-order chi connectivity index (χ0) is 15.3. The van der Waals surface area contributed by atoms with Gasteiger partial charge in [0.15, 0.2) is 0 Å². The van der Waals surface area contributed by atoms with Gasteiger partial charge in [0.25, 0.3) is 5.91 Å². The van der Waals surface area contributed by atoms with Gasteiger partial charge in [0.1, 0.15) is 0 Å². The van der Waals surface area contributed by atoms with Gasteiger partial charge in [0, 0.05) is 25.8 Å². The number of carbonyl (C=O) groups is 1. The lowest BCUT2D eigenvalue weighted by Gasteiger charge is -2.23. The van der Waals surface area contributed by atoms with Crippen LogP contribution in [0.5, 0.6) is 0 Å². The quantitative estimate of drug-likeness (QED) is 0.893. The van der Waals surface area contributed by atoms with E-state index in [4.69, 9.17) is 0 Å². The average molecular weight is 291 g/mol. The van der Waals surface area contributed by atoms with Gasteiger partial charge < -0.3 is 15.3 Å². The van der Waals surface area contributed by atoms with E-state index in [2.05, 4.69) is 17.2 Å². The van der Waals surface area contributed by atoms with Crippen molar-refractivity contribution in [1.82, 2.24) is 9.88 Å². The van der Waals surface area contributed by atoms with Crippen LogP contribution in [0.15, 0.2) is 18.5 Å². The maximum absolute atomic E-state index is 12.7. The highest BCUT2D eigenvalue weighted by molar-refractivity contribution is 5.99. The van der Waals surface area contributed by atoms with Gasteiger partial charge in [-0.25, -0.2) is 0 Å². The molecule has 0 radical (unpaired) electrons. The molecule has 1 amide bonds. The molecular formula is C16H25N3O2. The topological polar surface area (TPSA) is 65.5 Å². The number of hydrogen-bond acceptors (Lipinski definition) is 4. The van der Waals surface area contributed by atoms with E-state index in [1.54, 1.807) is 18.5 Å². The van der Waals surface area contributed by atoms with Crippen LogP contribution >= 0.6 is 0 Å². The largest absolute Gasteiger partial charge is 0.390 e. The summed E-state index contributed by atoms with van der Waals surface area (Å²) in [6.07, 6.45) is 6.56. The van der Waals surface area contributed by atoms with Gasteiger partial charge >= 0.3 is 0 Å². The predicted molar refractivity (Wildman–Crippen MR) is 83.4 cm³/mol. The molecule has 2 heterocycles. The minimum absolute atomic E-state index is 0.0219. The summed E-state index contributed by atoms with van der Waals surface area (Å²) in [6, 6.07) is 1.77. The summed E-state index contributed by atoms with van der Waals surface area (Å²) in [5, 5.41) is 13.4. The summed E-state index contributed by atoms with van der Waals surface area (Å²) in [6.45, 7) is 6.05. The number of carbonyl (C=O) groups excluding carboxylic acids is 1. The molecule has 1 atom stereocenters. The first-order valence-corrected chi connectivity index (χ1v) is 7.73. The number of anilines is 1. The Balaban J connectivity index is 2.12. The Morgan fingerprint density at radius 2 is 2.29 bits per heavy atom. The van der Waals surface area contributed by atoms with Crippen molar-refractivity contribution in [3.8, 4) is 0 Å². The minimum Gasteiger partial charge on any atom is -0.390 e. The lowest BCUT2D eigenvalue weighted by molar-refractivity contribution is 0.0438. The van der Waals surface area contributed by atoms with Crippen molar-refractivity contribution >= 4 is 11.6 Å². The van der Waals surface area contributed by atoms with Gasteiger partial charge in [-0.15, -0.1) is 0 Å². The fourth-order valence-electron chi connectivity index (χ4n) is 2.62. The lowest BCUT2D eigenvalue weighted by Crippen LogP contribution is -2.34. The molecule has 116 valence electrons. The molecule has 1 aromatic rings. The second-order valence-electron chi connectivity index (χ2n) is 5.99. The lowest BCUT2D eigenvalue weighted by atomic mass is 9.98. The Hall–Kier alpha value is -1.62. The van der Waals surface area contributed by atoms with Crippen LogP contribution in [0.25, 0.3) is 0 Å². The third-order valence-corrected chi connectivity index (χ3v) is 3.97. The Kier molecular flexibility index (Phi) is 5.17. The van der Waals surface area contributed by atoms with Gasteiger partial charge in [-0.3, -0.25) is 9.78 Å². The molecule has 1 aromatic heterocycles. The van der Waals surface area contributed by atoms with Crippen LogP contribution in [-0.4, -0.2) is 46.1 Å². The normalized spacial score (nSPS) is 22.7. The molecule has 2 rings (SSSR count). The zero-order valence-corrected chi connectivity index (χ0v) is 12.9. The second kappa shape index (κ2) is 6.89. The zero-order valence-electron chi connectivity index (χ0n) is 12.9. The van der Waals surface area contributed by atoms with Crippen molar-refractivity contribution in [2.45, 2.75) is 45.1 Å². The summed E-state index contributed by atoms with van der Waals surface area (Å²) in [7, 11) is 0. The summed E-state index contributed by atoms with van der Waals surface area (Å²) < 4.78 is 0. The molecule has 21 heavy (non-hydrogen) atoms. The van der Waals surface area contributed by atoms with E-state index in [1.165, 1.54) is 0 Å². The number of amides is 1. The maximum atomic E-state index is 12.7. The number of nitrogens with one attached hydrogen (secondary N) is 1. The van der Waals surface area contributed by atoms with E-state index in [-0.39, 0.29) is 5.91 Å². The first-order valence-electron chi connectivity index (χ1n) is 7.73. The van der Waals surface area contributed by atoms with Gasteiger partial charge in [0.05, 0.1) is 23.0 Å². The first kappa shape index (κ1) is 15.8. The molecular weight excluding hydrogens is 266 g/mol. The highest BCUT2D eigenvalue weighted by Gasteiger charge is 2.28. The van der Waals surface area contributed by atoms with Crippen molar-refractivity contribution in [2.75, 3.05) is 25.0 Å². The molecule has 1 unspecified atom stereocenters.